The van der Waals surface area contributed by atoms with E-state index in [4.69, 9.17) is 10.4 Å². The molecule has 1 saturated heterocycles. The third-order valence-corrected chi connectivity index (χ3v) is 4.78. The standard InChI is InChI=1S/C9H14N2O4S/c1-7(6-10)16(14,15)11-5-3-2-4-8(11)9(12)13/h7-8H,2-5H2,1H3,(H,12,13)/t7?,8-/m1/s1. The van der Waals surface area contributed by atoms with Crippen LogP contribution >= 0.6 is 0 Å². The summed E-state index contributed by atoms with van der Waals surface area (Å²) in [5.41, 5.74) is 0. The number of hydrogen-bond donors (Lipinski definition) is 1. The number of rotatable bonds is 3. The Bertz CT molecular complexity index is 412. The van der Waals surface area contributed by atoms with Gasteiger partial charge in [0.25, 0.3) is 0 Å². The molecule has 90 valence electrons. The number of nitriles is 1. The molecule has 1 rings (SSSR count). The molecular weight excluding hydrogens is 232 g/mol. The minimum absolute atomic E-state index is 0.186. The van der Waals surface area contributed by atoms with E-state index in [-0.39, 0.29) is 6.54 Å². The van der Waals surface area contributed by atoms with Crippen molar-refractivity contribution in [2.75, 3.05) is 6.54 Å². The van der Waals surface area contributed by atoms with Crippen molar-refractivity contribution in [3.63, 3.8) is 0 Å². The highest BCUT2D eigenvalue weighted by Gasteiger charge is 2.39. The molecule has 0 aromatic heterocycles. The van der Waals surface area contributed by atoms with E-state index in [0.29, 0.717) is 19.3 Å². The first kappa shape index (κ1) is 12.9. The Kier molecular flexibility index (Phi) is 3.88. The summed E-state index contributed by atoms with van der Waals surface area (Å²) in [5, 5.41) is 16.4. The second-order valence-corrected chi connectivity index (χ2v) is 5.98. The first-order valence-electron chi connectivity index (χ1n) is 5.04. The lowest BCUT2D eigenvalue weighted by Crippen LogP contribution is -2.50. The maximum Gasteiger partial charge on any atom is 0.322 e. The molecule has 7 heteroatoms. The van der Waals surface area contributed by atoms with E-state index in [0.717, 1.165) is 4.31 Å². The molecule has 0 amide bonds. The zero-order chi connectivity index (χ0) is 12.3. The van der Waals surface area contributed by atoms with Crippen molar-refractivity contribution in [1.29, 1.82) is 5.26 Å². The van der Waals surface area contributed by atoms with Crippen LogP contribution in [0.5, 0.6) is 0 Å². The highest BCUT2D eigenvalue weighted by molar-refractivity contribution is 7.90. The van der Waals surface area contributed by atoms with Gasteiger partial charge in [0.15, 0.2) is 5.25 Å². The van der Waals surface area contributed by atoms with Gasteiger partial charge in [-0.1, -0.05) is 0 Å². The molecule has 1 aliphatic rings. The molecule has 0 bridgehead atoms. The Morgan fingerprint density at radius 3 is 2.69 bits per heavy atom. The molecule has 2 atom stereocenters. The molecule has 1 fully saturated rings. The maximum absolute atomic E-state index is 11.9. The number of carboxylic acids is 1. The fourth-order valence-corrected chi connectivity index (χ4v) is 3.20. The number of nitrogens with zero attached hydrogens (tertiary/aromatic N) is 2. The van der Waals surface area contributed by atoms with E-state index in [1.165, 1.54) is 6.92 Å². The predicted molar refractivity (Wildman–Crippen MR) is 56.0 cm³/mol. The summed E-state index contributed by atoms with van der Waals surface area (Å²) >= 11 is 0. The highest BCUT2D eigenvalue weighted by atomic mass is 32.2. The van der Waals surface area contributed by atoms with E-state index in [2.05, 4.69) is 0 Å². The first-order chi connectivity index (χ1) is 7.41. The van der Waals surface area contributed by atoms with Crippen LogP contribution in [0, 0.1) is 11.3 Å². The third kappa shape index (κ3) is 2.33. The van der Waals surface area contributed by atoms with Gasteiger partial charge in [-0.2, -0.15) is 9.57 Å². The minimum atomic E-state index is -3.81. The Hall–Kier alpha value is -1.13. The van der Waals surface area contributed by atoms with E-state index in [1.54, 1.807) is 6.07 Å². The number of carboxylic acid groups (broad SMARTS) is 1. The van der Waals surface area contributed by atoms with Crippen LogP contribution in [0.2, 0.25) is 0 Å². The van der Waals surface area contributed by atoms with Gasteiger partial charge in [-0.25, -0.2) is 8.42 Å². The van der Waals surface area contributed by atoms with Gasteiger partial charge >= 0.3 is 5.97 Å². The van der Waals surface area contributed by atoms with Crippen molar-refractivity contribution < 1.29 is 18.3 Å². The zero-order valence-electron chi connectivity index (χ0n) is 8.96. The smallest absolute Gasteiger partial charge is 0.322 e. The molecule has 1 unspecified atom stereocenters. The lowest BCUT2D eigenvalue weighted by molar-refractivity contribution is -0.142. The van der Waals surface area contributed by atoms with Crippen LogP contribution in [-0.4, -0.2) is 41.6 Å². The van der Waals surface area contributed by atoms with Crippen LogP contribution in [-0.2, 0) is 14.8 Å². The van der Waals surface area contributed by atoms with Crippen LogP contribution < -0.4 is 0 Å². The Balaban J connectivity index is 3.01. The highest BCUT2D eigenvalue weighted by Crippen LogP contribution is 2.22. The van der Waals surface area contributed by atoms with Crippen LogP contribution in [0.3, 0.4) is 0 Å². The Morgan fingerprint density at radius 2 is 2.19 bits per heavy atom. The van der Waals surface area contributed by atoms with Gasteiger partial charge in [-0.15, -0.1) is 0 Å². The minimum Gasteiger partial charge on any atom is -0.480 e. The molecule has 1 heterocycles. The van der Waals surface area contributed by atoms with Crippen LogP contribution in [0.15, 0.2) is 0 Å². The molecule has 0 saturated carbocycles. The van der Waals surface area contributed by atoms with E-state index >= 15 is 0 Å². The van der Waals surface area contributed by atoms with Gasteiger partial charge < -0.3 is 5.11 Å². The van der Waals surface area contributed by atoms with Crippen molar-refractivity contribution in [3.8, 4) is 6.07 Å². The monoisotopic (exact) mass is 246 g/mol. The SMILES string of the molecule is CC(C#N)S(=O)(=O)N1CCCC[C@@H]1C(=O)O. The summed E-state index contributed by atoms with van der Waals surface area (Å²) in [7, 11) is -3.81. The number of aliphatic carboxylic acids is 1. The zero-order valence-corrected chi connectivity index (χ0v) is 9.77. The van der Waals surface area contributed by atoms with Crippen molar-refractivity contribution in [2.45, 2.75) is 37.5 Å². The molecule has 6 nitrogen and oxygen atoms in total. The van der Waals surface area contributed by atoms with Crippen LogP contribution in [0.4, 0.5) is 0 Å². The largest absolute Gasteiger partial charge is 0.480 e. The molecule has 0 aliphatic carbocycles. The summed E-state index contributed by atoms with van der Waals surface area (Å²) in [6.07, 6.45) is 1.65. The van der Waals surface area contributed by atoms with Crippen molar-refractivity contribution in [2.24, 2.45) is 0 Å². The van der Waals surface area contributed by atoms with Gasteiger partial charge in [0.1, 0.15) is 6.04 Å². The molecule has 16 heavy (non-hydrogen) atoms. The fourth-order valence-electron chi connectivity index (χ4n) is 1.73. The third-order valence-electron chi connectivity index (χ3n) is 2.69. The Morgan fingerprint density at radius 1 is 1.56 bits per heavy atom. The first-order valence-corrected chi connectivity index (χ1v) is 6.54. The summed E-state index contributed by atoms with van der Waals surface area (Å²) in [5.74, 6) is -1.14. The Labute approximate surface area is 94.5 Å². The molecule has 0 aromatic rings. The van der Waals surface area contributed by atoms with Gasteiger partial charge in [0.05, 0.1) is 6.07 Å². The summed E-state index contributed by atoms with van der Waals surface area (Å²) < 4.78 is 24.7. The summed E-state index contributed by atoms with van der Waals surface area (Å²) in [4.78, 5) is 10.9. The second-order valence-electron chi connectivity index (χ2n) is 3.78. The van der Waals surface area contributed by atoms with Gasteiger partial charge in [-0.3, -0.25) is 4.79 Å². The fraction of sp³-hybridized carbons (Fsp3) is 0.778. The summed E-state index contributed by atoms with van der Waals surface area (Å²) in [6, 6.07) is 0.620. The number of piperidine rings is 1. The molecular formula is C9H14N2O4S. The number of sulfonamides is 1. The van der Waals surface area contributed by atoms with Crippen molar-refractivity contribution in [3.05, 3.63) is 0 Å². The quantitative estimate of drug-likeness (QED) is 0.765. The van der Waals surface area contributed by atoms with E-state index < -0.39 is 27.3 Å². The summed E-state index contributed by atoms with van der Waals surface area (Å²) in [6.45, 7) is 1.45. The number of hydrogen-bond acceptors (Lipinski definition) is 4. The normalized spacial score (nSPS) is 24.6. The maximum atomic E-state index is 11.9. The molecule has 1 N–H and O–H groups in total. The topological polar surface area (TPSA) is 98.5 Å². The predicted octanol–water partition coefficient (Wildman–Crippen LogP) is 0.167. The lowest BCUT2D eigenvalue weighted by Gasteiger charge is -2.32. The number of carbonyl (C=O) groups is 1. The average molecular weight is 246 g/mol. The van der Waals surface area contributed by atoms with Gasteiger partial charge in [0.2, 0.25) is 10.0 Å². The molecule has 0 aromatic carbocycles. The second kappa shape index (κ2) is 4.80. The van der Waals surface area contributed by atoms with E-state index in [9.17, 15) is 13.2 Å². The van der Waals surface area contributed by atoms with Crippen molar-refractivity contribution >= 4 is 16.0 Å². The van der Waals surface area contributed by atoms with Crippen LogP contribution in [0.1, 0.15) is 26.2 Å². The van der Waals surface area contributed by atoms with Crippen molar-refractivity contribution in [1.82, 2.24) is 4.31 Å². The molecule has 0 spiro atoms. The lowest BCUT2D eigenvalue weighted by atomic mass is 10.1. The average Bonchev–Trinajstić information content (AvgIpc) is 2.27. The van der Waals surface area contributed by atoms with Crippen LogP contribution in [0.25, 0.3) is 0 Å². The molecule has 0 radical (unpaired) electrons. The van der Waals surface area contributed by atoms with E-state index in [1.807, 2.05) is 0 Å². The van der Waals surface area contributed by atoms with Gasteiger partial charge in [-0.05, 0) is 26.2 Å². The molecule has 1 aliphatic heterocycles. The van der Waals surface area contributed by atoms with Gasteiger partial charge in [0, 0.05) is 6.54 Å².